The summed E-state index contributed by atoms with van der Waals surface area (Å²) >= 11 is 0. The minimum absolute atomic E-state index is 0.0417. The van der Waals surface area contributed by atoms with E-state index in [2.05, 4.69) is 62.3 Å². The van der Waals surface area contributed by atoms with Gasteiger partial charge in [0.05, 0.1) is 29.5 Å². The molecule has 2 saturated heterocycles. The number of amides is 1. The number of cyclic esters (lactones) is 2. The molecular formula is C45H79N5O10Si. The lowest BCUT2D eigenvalue weighted by Crippen LogP contribution is -2.58. The van der Waals surface area contributed by atoms with E-state index >= 15 is 4.79 Å². The molecule has 3 rings (SSSR count). The Labute approximate surface area is 367 Å². The van der Waals surface area contributed by atoms with E-state index in [1.165, 1.54) is 0 Å². The number of rotatable bonds is 21. The molecule has 16 heteroatoms. The average molecular weight is 878 g/mol. The summed E-state index contributed by atoms with van der Waals surface area (Å²) in [4.78, 5) is 48.7. The van der Waals surface area contributed by atoms with Gasteiger partial charge in [0.25, 0.3) is 0 Å². The zero-order valence-electron chi connectivity index (χ0n) is 40.7. The van der Waals surface area contributed by atoms with Crippen molar-refractivity contribution >= 4 is 26.2 Å². The summed E-state index contributed by atoms with van der Waals surface area (Å²) in [6, 6.07) is -0.676. The summed E-state index contributed by atoms with van der Waals surface area (Å²) in [7, 11) is 3.30. The molecule has 3 aliphatic heterocycles. The topological polar surface area (TPSA) is 171 Å². The SMILES string of the molecule is C=C(C(=O)[C@H](C)C[C@@](C)(OC)[C@H](O[C@@H]1OC(C)CC(N(C)C)C1C)[C@@H](C)C1=C(C)C(=O)OC(C)(C)O1)[C@H]1N(CCCCN=[N+]=[N-])C(=O)O[C@]1(C)[C@@H](CC)O[Si](C)(C)C(C)(C)C. The average Bonchev–Trinajstić information content (AvgIpc) is 3.42. The number of ether oxygens (including phenoxy) is 6. The van der Waals surface area contributed by atoms with E-state index in [0.717, 1.165) is 6.42 Å². The molecule has 348 valence electrons. The Bertz CT molecular complexity index is 1670. The highest BCUT2D eigenvalue weighted by atomic mass is 28.4. The lowest BCUT2D eigenvalue weighted by Gasteiger charge is -2.48. The molecule has 0 spiro atoms. The van der Waals surface area contributed by atoms with Gasteiger partial charge in [0.2, 0.25) is 5.79 Å². The maximum atomic E-state index is 15.0. The predicted octanol–water partition coefficient (Wildman–Crippen LogP) is 9.32. The van der Waals surface area contributed by atoms with Crippen LogP contribution in [0.2, 0.25) is 18.1 Å². The van der Waals surface area contributed by atoms with Crippen molar-refractivity contribution in [3.8, 4) is 0 Å². The third-order valence-electron chi connectivity index (χ3n) is 13.7. The highest BCUT2D eigenvalue weighted by molar-refractivity contribution is 6.74. The van der Waals surface area contributed by atoms with Crippen molar-refractivity contribution in [2.75, 3.05) is 34.3 Å². The van der Waals surface area contributed by atoms with Gasteiger partial charge < -0.3 is 37.7 Å². The Morgan fingerprint density at radius 2 is 1.72 bits per heavy atom. The van der Waals surface area contributed by atoms with Crippen molar-refractivity contribution in [1.29, 1.82) is 0 Å². The van der Waals surface area contributed by atoms with Gasteiger partial charge in [-0.05, 0) is 97.6 Å². The fourth-order valence-corrected chi connectivity index (χ4v) is 10.5. The zero-order chi connectivity index (χ0) is 46.6. The van der Waals surface area contributed by atoms with Crippen LogP contribution in [0.5, 0.6) is 0 Å². The summed E-state index contributed by atoms with van der Waals surface area (Å²) in [5.41, 5.74) is 6.97. The third-order valence-corrected chi connectivity index (χ3v) is 18.1. The van der Waals surface area contributed by atoms with Crippen molar-refractivity contribution in [1.82, 2.24) is 9.80 Å². The van der Waals surface area contributed by atoms with Gasteiger partial charge in [0, 0.05) is 68.3 Å². The molecule has 1 amide bonds. The zero-order valence-corrected chi connectivity index (χ0v) is 41.7. The molecule has 3 aliphatic rings. The van der Waals surface area contributed by atoms with Gasteiger partial charge in [0.1, 0.15) is 11.8 Å². The highest BCUT2D eigenvalue weighted by Crippen LogP contribution is 2.46. The second kappa shape index (κ2) is 20.2. The lowest BCUT2D eigenvalue weighted by atomic mass is 9.76. The maximum Gasteiger partial charge on any atom is 0.411 e. The minimum atomic E-state index is -2.39. The number of nitrogens with zero attached hydrogens (tertiary/aromatic N) is 5. The molecule has 0 aromatic heterocycles. The van der Waals surface area contributed by atoms with Crippen LogP contribution in [0.4, 0.5) is 4.79 Å². The molecule has 0 saturated carbocycles. The van der Waals surface area contributed by atoms with Crippen molar-refractivity contribution in [2.24, 2.45) is 22.9 Å². The van der Waals surface area contributed by atoms with Crippen LogP contribution in [-0.2, 0) is 42.4 Å². The number of ketones is 1. The van der Waals surface area contributed by atoms with Gasteiger partial charge in [0.15, 0.2) is 26.0 Å². The van der Waals surface area contributed by atoms with Crippen molar-refractivity contribution < 1.29 is 47.2 Å². The number of carbonyl (C=O) groups is 3. The Morgan fingerprint density at radius 3 is 2.26 bits per heavy atom. The van der Waals surface area contributed by atoms with E-state index in [1.54, 1.807) is 32.8 Å². The number of methoxy groups -OCH3 is 1. The van der Waals surface area contributed by atoms with Crippen LogP contribution in [0.1, 0.15) is 122 Å². The van der Waals surface area contributed by atoms with Crippen LogP contribution in [0.25, 0.3) is 10.4 Å². The number of azide groups is 1. The summed E-state index contributed by atoms with van der Waals surface area (Å²) < 4.78 is 45.2. The van der Waals surface area contributed by atoms with E-state index in [-0.39, 0.29) is 54.0 Å². The predicted molar refractivity (Wildman–Crippen MR) is 238 cm³/mol. The van der Waals surface area contributed by atoms with Crippen LogP contribution in [0, 0.1) is 17.8 Å². The van der Waals surface area contributed by atoms with E-state index in [0.29, 0.717) is 30.6 Å². The van der Waals surface area contributed by atoms with Crippen molar-refractivity contribution in [3.05, 3.63) is 33.9 Å². The van der Waals surface area contributed by atoms with Gasteiger partial charge in [-0.25, -0.2) is 9.59 Å². The molecule has 3 heterocycles. The summed E-state index contributed by atoms with van der Waals surface area (Å²) in [5.74, 6) is -2.84. The molecule has 3 unspecified atom stereocenters. The monoisotopic (exact) mass is 878 g/mol. The summed E-state index contributed by atoms with van der Waals surface area (Å²) in [5, 5.41) is 3.53. The molecule has 11 atom stereocenters. The van der Waals surface area contributed by atoms with Crippen LogP contribution < -0.4 is 0 Å². The van der Waals surface area contributed by atoms with Crippen molar-refractivity contribution in [2.45, 2.75) is 194 Å². The van der Waals surface area contributed by atoms with Gasteiger partial charge in [-0.3, -0.25) is 9.69 Å². The van der Waals surface area contributed by atoms with Crippen LogP contribution in [0.15, 0.2) is 28.6 Å². The van der Waals surface area contributed by atoms with E-state index < -0.39 is 73.7 Å². The van der Waals surface area contributed by atoms with Crippen LogP contribution in [0.3, 0.4) is 0 Å². The number of carbonyl (C=O) groups excluding carboxylic acids is 3. The Morgan fingerprint density at radius 1 is 1.10 bits per heavy atom. The largest absolute Gasteiger partial charge is 0.456 e. The number of Topliss-reactive ketones (excluding diaryl/α,β-unsaturated/α-hetero) is 1. The molecule has 0 aromatic rings. The Hall–Kier alpha value is -2.98. The first-order chi connectivity index (χ1) is 28.0. The second-order valence-electron chi connectivity index (χ2n) is 20.3. The fraction of sp³-hybridized carbons (Fsp3) is 0.844. The fourth-order valence-electron chi connectivity index (χ4n) is 9.08. The molecule has 15 nitrogen and oxygen atoms in total. The van der Waals surface area contributed by atoms with Crippen LogP contribution in [-0.4, -0.2) is 124 Å². The quantitative estimate of drug-likeness (QED) is 0.0205. The first-order valence-corrected chi connectivity index (χ1v) is 25.0. The molecule has 61 heavy (non-hydrogen) atoms. The Balaban J connectivity index is 2.10. The second-order valence-corrected chi connectivity index (χ2v) is 25.0. The van der Waals surface area contributed by atoms with Crippen molar-refractivity contribution in [3.63, 3.8) is 0 Å². The van der Waals surface area contributed by atoms with Gasteiger partial charge in [-0.15, -0.1) is 0 Å². The maximum absolute atomic E-state index is 15.0. The van der Waals surface area contributed by atoms with E-state index in [1.807, 2.05) is 55.6 Å². The first kappa shape index (κ1) is 52.4. The molecule has 0 N–H and O–H groups in total. The highest BCUT2D eigenvalue weighted by Gasteiger charge is 2.59. The van der Waals surface area contributed by atoms with Crippen LogP contribution >= 0.6 is 0 Å². The number of esters is 1. The molecule has 2 fully saturated rings. The molecular weight excluding hydrogens is 799 g/mol. The third kappa shape index (κ3) is 11.8. The van der Waals surface area contributed by atoms with E-state index in [9.17, 15) is 9.59 Å². The molecule has 0 aliphatic carbocycles. The molecule has 0 radical (unpaired) electrons. The summed E-state index contributed by atoms with van der Waals surface area (Å²) in [6.45, 7) is 34.5. The van der Waals surface area contributed by atoms with Gasteiger partial charge in [-0.2, -0.15) is 0 Å². The Kier molecular flexibility index (Phi) is 17.4. The normalized spacial score (nSPS) is 28.8. The lowest BCUT2D eigenvalue weighted by molar-refractivity contribution is -0.284. The van der Waals surface area contributed by atoms with Gasteiger partial charge in [-0.1, -0.05) is 60.2 Å². The number of hydrogen-bond acceptors (Lipinski definition) is 12. The molecule has 0 aromatic carbocycles. The molecule has 0 bridgehead atoms. The van der Waals surface area contributed by atoms with Gasteiger partial charge >= 0.3 is 12.1 Å². The number of hydrogen-bond donors (Lipinski definition) is 0. The standard InChI is InChI=1S/C45H79N5O10Si/c1-20-34(60-61(18,19)42(8,9)10)45(14)37(50(41(53)59-45)24-22-21-23-47-48-46)30(5)35(51)27(2)26-44(13,54-17)38(31(6)36-32(7)39(52)58-43(11,12)57-36)56-40-29(4)33(49(15)16)25-28(3)55-40/h27-29,31,33-34,37-38,40H,5,20-26H2,1-4,6-19H3/t27-,28?,29?,31+,33?,34-,37-,38-,40+,44-,45-/m1/s1. The summed E-state index contributed by atoms with van der Waals surface area (Å²) in [6.07, 6.45) is -0.0191. The first-order valence-electron chi connectivity index (χ1n) is 22.1. The van der Waals surface area contributed by atoms with E-state index in [4.69, 9.17) is 38.4 Å². The number of unbranched alkanes of at least 4 members (excludes halogenated alkanes) is 1. The minimum Gasteiger partial charge on any atom is -0.456 e. The smallest absolute Gasteiger partial charge is 0.411 e.